The number of unbranched alkanes of at least 4 members (excludes halogenated alkanes) is 27. The van der Waals surface area contributed by atoms with Crippen LogP contribution in [0.5, 0.6) is 0 Å². The summed E-state index contributed by atoms with van der Waals surface area (Å²) in [6.07, 6.45) is 105. The van der Waals surface area contributed by atoms with Crippen molar-refractivity contribution in [2.45, 2.75) is 309 Å². The molecule has 9 nitrogen and oxygen atoms in total. The van der Waals surface area contributed by atoms with Gasteiger partial charge in [0.05, 0.1) is 34.4 Å². The van der Waals surface area contributed by atoms with Crippen LogP contribution in [0, 0.1) is 0 Å². The first kappa shape index (κ1) is 87.9. The van der Waals surface area contributed by atoms with Gasteiger partial charge in [0, 0.05) is 12.8 Å². The molecule has 0 amide bonds. The van der Waals surface area contributed by atoms with Crippen LogP contribution in [0.2, 0.25) is 0 Å². The molecule has 0 radical (unpaired) electrons. The molecule has 0 rings (SSSR count). The number of likely N-dealkylation sites (N-methyl/N-ethyl adjacent to an activating group) is 1. The van der Waals surface area contributed by atoms with Gasteiger partial charge in [-0.05, 0) is 128 Å². The van der Waals surface area contributed by atoms with Crippen molar-refractivity contribution in [1.82, 2.24) is 0 Å². The number of nitrogens with zero attached hydrogens (tertiary/aromatic N) is 1. The molecule has 0 aromatic rings. The van der Waals surface area contributed by atoms with Gasteiger partial charge >= 0.3 is 17.9 Å². The second kappa shape index (κ2) is 72.7. The van der Waals surface area contributed by atoms with E-state index in [-0.39, 0.29) is 32.2 Å². The topological polar surface area (TPSA) is 108 Å². The maximum absolute atomic E-state index is 13.0. The molecule has 0 spiro atoms. The van der Waals surface area contributed by atoms with Crippen LogP contribution >= 0.6 is 0 Å². The lowest BCUT2D eigenvalue weighted by molar-refractivity contribution is -0.870. The second-order valence-corrected chi connectivity index (χ2v) is 25.9. The van der Waals surface area contributed by atoms with Crippen molar-refractivity contribution in [1.29, 1.82) is 0 Å². The van der Waals surface area contributed by atoms with Gasteiger partial charge in [-0.2, -0.15) is 0 Å². The van der Waals surface area contributed by atoms with Crippen LogP contribution in [0.1, 0.15) is 296 Å². The van der Waals surface area contributed by atoms with Crippen LogP contribution in [0.3, 0.4) is 0 Å². The van der Waals surface area contributed by atoms with E-state index in [0.29, 0.717) is 23.9 Å². The number of quaternary nitrogens is 1. The molecule has 2 atom stereocenters. The number of esters is 2. The predicted octanol–water partition coefficient (Wildman–Crippen LogP) is 24.0. The summed E-state index contributed by atoms with van der Waals surface area (Å²) in [6.45, 7) is 4.74. The van der Waals surface area contributed by atoms with E-state index >= 15 is 0 Å². The van der Waals surface area contributed by atoms with E-state index in [1.807, 2.05) is 21.1 Å². The molecule has 0 aliphatic rings. The first-order valence-electron chi connectivity index (χ1n) is 37.6. The van der Waals surface area contributed by atoms with Crippen LogP contribution in [0.25, 0.3) is 0 Å². The fourth-order valence-electron chi connectivity index (χ4n) is 10.1. The highest BCUT2D eigenvalue weighted by Gasteiger charge is 2.25. The molecule has 0 fully saturated rings. The van der Waals surface area contributed by atoms with Gasteiger partial charge in [-0.25, -0.2) is 4.79 Å². The number of hydrogen-bond acceptors (Lipinski definition) is 7. The number of carboxylic acid groups (broad SMARTS) is 1. The number of ether oxygens (including phenoxy) is 4. The smallest absolute Gasteiger partial charge is 0.361 e. The number of rotatable bonds is 68. The quantitative estimate of drug-likeness (QED) is 0.0211. The van der Waals surface area contributed by atoms with Gasteiger partial charge in [0.1, 0.15) is 13.2 Å². The number of carbonyl (C=O) groups is 3. The van der Waals surface area contributed by atoms with Gasteiger partial charge < -0.3 is 28.5 Å². The highest BCUT2D eigenvalue weighted by Crippen LogP contribution is 2.17. The van der Waals surface area contributed by atoms with E-state index in [4.69, 9.17) is 18.9 Å². The largest absolute Gasteiger partial charge is 0.477 e. The molecular weight excluding hydrogens is 1150 g/mol. The van der Waals surface area contributed by atoms with Gasteiger partial charge in [-0.1, -0.05) is 313 Å². The predicted molar refractivity (Wildman–Crippen MR) is 400 cm³/mol. The zero-order chi connectivity index (χ0) is 67.5. The number of aliphatic carboxylic acids is 1. The Hall–Kier alpha value is -5.09. The maximum atomic E-state index is 13.0. The third kappa shape index (κ3) is 74.2. The average molecular weight is 1290 g/mol. The fourth-order valence-corrected chi connectivity index (χ4v) is 10.1. The fraction of sp³-hybridized carbons (Fsp3) is 0.655. The third-order valence-corrected chi connectivity index (χ3v) is 15.8. The van der Waals surface area contributed by atoms with Gasteiger partial charge in [0.25, 0.3) is 6.29 Å². The number of allylic oxidation sites excluding steroid dienone is 26. The SMILES string of the molecule is CC/C=C\C/C=C\C/C=C\C/C=C\C/C=C\C/C=C\C/C=C\C/C=C\C/C=C\C/C=C\C/C=C\C/C=C\CCCCCCC(=O)OC(COC(=O)CCCCCCCCCCCCCCCCC/C=C\CCCCCCCCCC)COC(OCC[N+](C)(C)C)C(=O)O. The molecule has 0 aliphatic heterocycles. The summed E-state index contributed by atoms with van der Waals surface area (Å²) in [5.74, 6) is -2.04. The summed E-state index contributed by atoms with van der Waals surface area (Å²) >= 11 is 0. The molecular formula is C84H140NO8+. The second-order valence-electron chi connectivity index (χ2n) is 25.9. The Morgan fingerprint density at radius 2 is 0.613 bits per heavy atom. The summed E-state index contributed by atoms with van der Waals surface area (Å²) in [4.78, 5) is 37.7. The maximum Gasteiger partial charge on any atom is 0.361 e. The van der Waals surface area contributed by atoms with E-state index < -0.39 is 24.3 Å². The van der Waals surface area contributed by atoms with Crippen molar-refractivity contribution in [3.8, 4) is 0 Å². The van der Waals surface area contributed by atoms with Crippen molar-refractivity contribution >= 4 is 17.9 Å². The molecule has 0 aromatic heterocycles. The van der Waals surface area contributed by atoms with Crippen LogP contribution in [0.4, 0.5) is 0 Å². The molecule has 0 aromatic carbocycles. The van der Waals surface area contributed by atoms with Crippen molar-refractivity contribution in [2.24, 2.45) is 0 Å². The van der Waals surface area contributed by atoms with Crippen molar-refractivity contribution in [3.05, 3.63) is 158 Å². The zero-order valence-electron chi connectivity index (χ0n) is 60.4. The van der Waals surface area contributed by atoms with Crippen LogP contribution < -0.4 is 0 Å². The van der Waals surface area contributed by atoms with E-state index in [2.05, 4.69) is 172 Å². The Morgan fingerprint density at radius 1 is 0.333 bits per heavy atom. The molecule has 0 heterocycles. The lowest BCUT2D eigenvalue weighted by Gasteiger charge is -2.25. The normalized spacial score (nSPS) is 13.6. The molecule has 93 heavy (non-hydrogen) atoms. The molecule has 0 aliphatic carbocycles. The van der Waals surface area contributed by atoms with Gasteiger partial charge in [0.15, 0.2) is 6.10 Å². The summed E-state index contributed by atoms with van der Waals surface area (Å²) in [5.41, 5.74) is 0. The lowest BCUT2D eigenvalue weighted by Crippen LogP contribution is -2.40. The van der Waals surface area contributed by atoms with E-state index in [0.717, 1.165) is 122 Å². The minimum Gasteiger partial charge on any atom is -0.477 e. The first-order chi connectivity index (χ1) is 45.6. The van der Waals surface area contributed by atoms with E-state index in [1.165, 1.54) is 141 Å². The third-order valence-electron chi connectivity index (χ3n) is 15.8. The molecule has 2 unspecified atom stereocenters. The molecule has 0 bridgehead atoms. The summed E-state index contributed by atoms with van der Waals surface area (Å²) in [7, 11) is 5.96. The van der Waals surface area contributed by atoms with Gasteiger partial charge in [-0.3, -0.25) is 9.59 Å². The summed E-state index contributed by atoms with van der Waals surface area (Å²) in [5, 5.41) is 9.76. The number of hydrogen-bond donors (Lipinski definition) is 1. The molecule has 0 saturated heterocycles. The molecule has 1 N–H and O–H groups in total. The van der Waals surface area contributed by atoms with Crippen LogP contribution in [0.15, 0.2) is 158 Å². The average Bonchev–Trinajstić information content (AvgIpc) is 3.38. The van der Waals surface area contributed by atoms with Crippen molar-refractivity contribution in [2.75, 3.05) is 47.5 Å². The first-order valence-corrected chi connectivity index (χ1v) is 37.6. The van der Waals surface area contributed by atoms with Crippen LogP contribution in [-0.4, -0.2) is 87.4 Å². The van der Waals surface area contributed by atoms with E-state index in [9.17, 15) is 19.5 Å². The Labute approximate surface area is 572 Å². The highest BCUT2D eigenvalue weighted by molar-refractivity contribution is 5.71. The Bertz CT molecular complexity index is 2090. The summed E-state index contributed by atoms with van der Waals surface area (Å²) in [6, 6.07) is 0. The Morgan fingerprint density at radius 3 is 0.925 bits per heavy atom. The molecule has 0 saturated carbocycles. The highest BCUT2D eigenvalue weighted by atomic mass is 16.7. The number of carbonyl (C=O) groups excluding carboxylic acids is 2. The molecule has 9 heteroatoms. The number of carboxylic acids is 1. The van der Waals surface area contributed by atoms with Crippen molar-refractivity contribution < 1.29 is 42.9 Å². The monoisotopic (exact) mass is 1290 g/mol. The minimum absolute atomic E-state index is 0.175. The zero-order valence-corrected chi connectivity index (χ0v) is 60.4. The van der Waals surface area contributed by atoms with Crippen LogP contribution in [-0.2, 0) is 33.3 Å². The lowest BCUT2D eigenvalue weighted by atomic mass is 10.0. The van der Waals surface area contributed by atoms with Crippen molar-refractivity contribution in [3.63, 3.8) is 0 Å². The Balaban J connectivity index is 4.20. The molecule has 528 valence electrons. The standard InChI is InChI=1S/C84H139NO8/c1-6-8-10-12-14-16-18-20-22-24-26-28-30-32-34-35-36-37-38-39-40-41-42-43-44-45-46-47-49-51-53-55-57-59-61-63-65-67-69-71-73-75-82(87)93-80(79-92-84(83(88)89)90-77-76-85(3,4)5)78-91-81(86)74-72-70-68-66-64-62-60-58-56-54-52-50-48-33-31-29-27-25-23-21-19-17-15-13-11-9-7-2/h8,10,14,16,20,22,25-28,32,34,36-37,39-40,42-43,45-46,49,51,55,57,61,63,80,84H,6-7,9,11-13,15,17-19,21,23-24,29-31,33,35,38,41,44,47-48,50,52-54,56,58-60,62,64-79H2,1-5H3/p+1/b10-8-,16-14-,22-20-,27-25-,28-26-,34-32-,37-36-,40-39-,43-42-,46-45-,51-49-,57-55-,63-61-. The minimum atomic E-state index is -1.53. The van der Waals surface area contributed by atoms with Gasteiger partial charge in [0.2, 0.25) is 0 Å². The van der Waals surface area contributed by atoms with E-state index in [1.54, 1.807) is 0 Å². The van der Waals surface area contributed by atoms with Gasteiger partial charge in [-0.15, -0.1) is 0 Å². The summed E-state index contributed by atoms with van der Waals surface area (Å²) < 4.78 is 23.0. The Kier molecular flexibility index (Phi) is 68.8.